The van der Waals surface area contributed by atoms with Gasteiger partial charge in [0.25, 0.3) is 0 Å². The number of hydrogen-bond donors (Lipinski definition) is 2. The van der Waals surface area contributed by atoms with Crippen LogP contribution < -0.4 is 13.6 Å². The molecule has 0 saturated heterocycles. The van der Waals surface area contributed by atoms with E-state index in [1.54, 1.807) is 0 Å². The van der Waals surface area contributed by atoms with Crippen LogP contribution in [0.15, 0.2) is 18.2 Å². The van der Waals surface area contributed by atoms with Crippen molar-refractivity contribution in [3.8, 4) is 11.5 Å². The zero-order valence-electron chi connectivity index (χ0n) is 21.8. The molecule has 0 amide bonds. The van der Waals surface area contributed by atoms with Crippen LogP contribution in [0.25, 0.3) is 0 Å². The highest BCUT2D eigenvalue weighted by molar-refractivity contribution is 7.77. The Bertz CT molecular complexity index is 815. The van der Waals surface area contributed by atoms with Crippen LogP contribution in [-0.2, 0) is 11.3 Å². The maximum absolute atomic E-state index is 11.6. The standard InChI is InChI=1S/C24H45NO4SSi2/c1-23(2,3)31(7,8)28-18-15-16-20(19-13-11-12-14-21(19)25-30(26)27)22(17-18)29-32(9,10)24(4,5)6/h15-17,19,21,25H,11-14H2,1-10H3,(H,26,27). The highest BCUT2D eigenvalue weighted by atomic mass is 32.2. The first-order valence-electron chi connectivity index (χ1n) is 11.8. The van der Waals surface area contributed by atoms with E-state index in [9.17, 15) is 8.76 Å². The Balaban J connectivity index is 2.52. The van der Waals surface area contributed by atoms with Gasteiger partial charge < -0.3 is 8.85 Å². The molecule has 3 atom stereocenters. The van der Waals surface area contributed by atoms with Crippen LogP contribution in [0, 0.1) is 0 Å². The number of benzene rings is 1. The summed E-state index contributed by atoms with van der Waals surface area (Å²) in [5.41, 5.74) is 1.13. The van der Waals surface area contributed by atoms with Crippen LogP contribution in [0.3, 0.4) is 0 Å². The van der Waals surface area contributed by atoms with Gasteiger partial charge in [-0.1, -0.05) is 60.5 Å². The molecule has 32 heavy (non-hydrogen) atoms. The predicted molar refractivity (Wildman–Crippen MR) is 141 cm³/mol. The molecular weight excluding hydrogens is 455 g/mol. The van der Waals surface area contributed by atoms with Gasteiger partial charge in [-0.05, 0) is 60.7 Å². The molecule has 0 aliphatic heterocycles. The van der Waals surface area contributed by atoms with Gasteiger partial charge in [0.15, 0.2) is 0 Å². The van der Waals surface area contributed by atoms with Crippen LogP contribution >= 0.6 is 0 Å². The van der Waals surface area contributed by atoms with E-state index in [4.69, 9.17) is 8.85 Å². The van der Waals surface area contributed by atoms with Gasteiger partial charge >= 0.3 is 0 Å². The molecule has 1 saturated carbocycles. The van der Waals surface area contributed by atoms with Crippen molar-refractivity contribution >= 4 is 27.9 Å². The monoisotopic (exact) mass is 499 g/mol. The van der Waals surface area contributed by atoms with Gasteiger partial charge in [-0.25, -0.2) is 8.93 Å². The van der Waals surface area contributed by atoms with Crippen molar-refractivity contribution < 1.29 is 17.6 Å². The van der Waals surface area contributed by atoms with Gasteiger partial charge in [-0.2, -0.15) is 0 Å². The summed E-state index contributed by atoms with van der Waals surface area (Å²) in [5.74, 6) is 1.89. The quantitative estimate of drug-likeness (QED) is 0.307. The number of hydrogen-bond acceptors (Lipinski definition) is 3. The van der Waals surface area contributed by atoms with Crippen LogP contribution in [0.4, 0.5) is 0 Å². The van der Waals surface area contributed by atoms with Gasteiger partial charge in [-0.3, -0.25) is 4.55 Å². The Morgan fingerprint density at radius 2 is 1.47 bits per heavy atom. The maximum Gasteiger partial charge on any atom is 0.250 e. The first-order chi connectivity index (χ1) is 14.4. The highest BCUT2D eigenvalue weighted by Gasteiger charge is 2.42. The minimum Gasteiger partial charge on any atom is -0.543 e. The normalized spacial score (nSPS) is 21.8. The third-order valence-electron chi connectivity index (χ3n) is 7.75. The third-order valence-corrected chi connectivity index (χ3v) is 17.0. The van der Waals surface area contributed by atoms with E-state index in [-0.39, 0.29) is 22.0 Å². The summed E-state index contributed by atoms with van der Waals surface area (Å²) >= 11 is -2.03. The summed E-state index contributed by atoms with van der Waals surface area (Å²) in [4.78, 5) is 0. The van der Waals surface area contributed by atoms with Crippen LogP contribution in [0.2, 0.25) is 36.3 Å². The van der Waals surface area contributed by atoms with Crippen molar-refractivity contribution in [2.75, 3.05) is 0 Å². The fourth-order valence-electron chi connectivity index (χ4n) is 3.62. The Hall–Kier alpha value is -0.676. The van der Waals surface area contributed by atoms with Crippen molar-refractivity contribution in [3.63, 3.8) is 0 Å². The van der Waals surface area contributed by atoms with Crippen molar-refractivity contribution in [2.45, 2.75) is 115 Å². The van der Waals surface area contributed by atoms with E-state index in [2.05, 4.69) is 90.7 Å². The van der Waals surface area contributed by atoms with Crippen molar-refractivity contribution in [2.24, 2.45) is 0 Å². The summed E-state index contributed by atoms with van der Waals surface area (Å²) in [5, 5.41) is 0.174. The number of nitrogens with one attached hydrogen (secondary N) is 1. The lowest BCUT2D eigenvalue weighted by Gasteiger charge is -2.40. The van der Waals surface area contributed by atoms with E-state index < -0.39 is 27.9 Å². The Morgan fingerprint density at radius 1 is 0.938 bits per heavy atom. The molecule has 0 bridgehead atoms. The van der Waals surface area contributed by atoms with Crippen LogP contribution in [0.5, 0.6) is 11.5 Å². The molecule has 1 fully saturated rings. The molecule has 2 N–H and O–H groups in total. The molecule has 184 valence electrons. The molecule has 5 nitrogen and oxygen atoms in total. The smallest absolute Gasteiger partial charge is 0.250 e. The fourth-order valence-corrected chi connectivity index (χ4v) is 6.22. The summed E-state index contributed by atoms with van der Waals surface area (Å²) in [6, 6.07) is 6.24. The topological polar surface area (TPSA) is 67.8 Å². The van der Waals surface area contributed by atoms with Crippen molar-refractivity contribution in [1.29, 1.82) is 0 Å². The minimum absolute atomic E-state index is 0.0384. The average Bonchev–Trinajstić information content (AvgIpc) is 2.59. The molecule has 1 aromatic rings. The van der Waals surface area contributed by atoms with Crippen molar-refractivity contribution in [1.82, 2.24) is 4.72 Å². The fraction of sp³-hybridized carbons (Fsp3) is 0.750. The maximum atomic E-state index is 11.6. The first kappa shape index (κ1) is 27.6. The Kier molecular flexibility index (Phi) is 8.53. The second kappa shape index (κ2) is 9.90. The Morgan fingerprint density at radius 3 is 2.00 bits per heavy atom. The van der Waals surface area contributed by atoms with Gasteiger partial charge in [0, 0.05) is 18.0 Å². The second-order valence-corrected chi connectivity index (χ2v) is 22.5. The largest absolute Gasteiger partial charge is 0.543 e. The van der Waals surface area contributed by atoms with Gasteiger partial charge in [0.1, 0.15) is 11.5 Å². The SMILES string of the molecule is CC(C)(C)[Si](C)(C)Oc1ccc(C2CCCCC2NS(=O)O)c(O[Si](C)(C)C(C)(C)C)c1. The molecule has 3 unspecified atom stereocenters. The summed E-state index contributed by atoms with van der Waals surface area (Å²) in [7, 11) is -4.07. The molecule has 0 spiro atoms. The van der Waals surface area contributed by atoms with E-state index in [0.29, 0.717) is 0 Å². The van der Waals surface area contributed by atoms with Crippen LogP contribution in [-0.4, -0.2) is 31.4 Å². The molecule has 1 aliphatic carbocycles. The first-order valence-corrected chi connectivity index (χ1v) is 18.8. The molecule has 1 aromatic carbocycles. The van der Waals surface area contributed by atoms with Crippen LogP contribution in [0.1, 0.15) is 78.7 Å². The molecule has 0 aromatic heterocycles. The van der Waals surface area contributed by atoms with Crippen molar-refractivity contribution in [3.05, 3.63) is 23.8 Å². The van der Waals surface area contributed by atoms with E-state index >= 15 is 0 Å². The molecule has 1 aliphatic rings. The third kappa shape index (κ3) is 6.68. The zero-order valence-corrected chi connectivity index (χ0v) is 24.6. The highest BCUT2D eigenvalue weighted by Crippen LogP contribution is 2.45. The molecule has 0 radical (unpaired) electrons. The molecular formula is C24H45NO4SSi2. The van der Waals surface area contributed by atoms with E-state index in [1.807, 2.05) is 0 Å². The second-order valence-electron chi connectivity index (χ2n) is 12.3. The van der Waals surface area contributed by atoms with Gasteiger partial charge in [0.05, 0.1) is 0 Å². The lowest BCUT2D eigenvalue weighted by atomic mass is 9.80. The average molecular weight is 500 g/mol. The molecule has 0 heterocycles. The summed E-state index contributed by atoms with van der Waals surface area (Å²) in [6.07, 6.45) is 4.04. The van der Waals surface area contributed by atoms with Gasteiger partial charge in [-0.15, -0.1) is 0 Å². The Labute approximate surface area is 200 Å². The minimum atomic E-state index is -2.09. The zero-order chi connectivity index (χ0) is 24.5. The summed E-state index contributed by atoms with van der Waals surface area (Å²) in [6.45, 7) is 22.5. The lowest BCUT2D eigenvalue weighted by molar-refractivity contribution is 0.351. The van der Waals surface area contributed by atoms with Gasteiger partial charge in [0.2, 0.25) is 27.9 Å². The summed E-state index contributed by atoms with van der Waals surface area (Å²) < 4.78 is 37.4. The number of rotatable bonds is 7. The lowest BCUT2D eigenvalue weighted by Crippen LogP contribution is -2.45. The van der Waals surface area contributed by atoms with E-state index in [0.717, 1.165) is 42.7 Å². The predicted octanol–water partition coefficient (Wildman–Crippen LogP) is 7.21. The molecule has 2 rings (SSSR count). The molecule has 8 heteroatoms. The van der Waals surface area contributed by atoms with E-state index in [1.165, 1.54) is 0 Å².